The van der Waals surface area contributed by atoms with Gasteiger partial charge in [0.1, 0.15) is 16.1 Å². The summed E-state index contributed by atoms with van der Waals surface area (Å²) in [6.07, 6.45) is 0. The molecule has 4 rings (SSSR count). The molecule has 0 saturated heterocycles. The molecule has 3 aromatic rings. The largest absolute Gasteiger partial charge is 0.495 e. The van der Waals surface area contributed by atoms with E-state index in [1.807, 2.05) is 32.9 Å². The summed E-state index contributed by atoms with van der Waals surface area (Å²) in [5.41, 5.74) is 3.65. The number of halogens is 1. The molecule has 2 unspecified atom stereocenters. The van der Waals surface area contributed by atoms with Crippen LogP contribution in [0.15, 0.2) is 34.0 Å². The molecule has 0 amide bonds. The summed E-state index contributed by atoms with van der Waals surface area (Å²) < 4.78 is 35.1. The molecule has 8 nitrogen and oxygen atoms in total. The molecule has 0 radical (unpaired) electrons. The van der Waals surface area contributed by atoms with E-state index in [1.165, 1.54) is 19.2 Å². The number of aryl methyl sites for hydroxylation is 1. The van der Waals surface area contributed by atoms with Crippen molar-refractivity contribution in [2.75, 3.05) is 7.11 Å². The van der Waals surface area contributed by atoms with Gasteiger partial charge in [0.2, 0.25) is 10.0 Å². The van der Waals surface area contributed by atoms with Gasteiger partial charge in [-0.05, 0) is 42.7 Å². The molecule has 11 heteroatoms. The lowest BCUT2D eigenvalue weighted by Gasteiger charge is -2.32. The molecular weight excluding hydrogens is 473 g/mol. The minimum Gasteiger partial charge on any atom is -0.495 e. The van der Waals surface area contributed by atoms with Crippen LogP contribution < -0.4 is 14.8 Å². The normalized spacial score (nSPS) is 18.2. The van der Waals surface area contributed by atoms with Crippen LogP contribution in [0, 0.1) is 13.8 Å². The van der Waals surface area contributed by atoms with E-state index in [0.29, 0.717) is 5.43 Å². The number of fused-ring (bicyclic) bond motifs is 3. The highest BCUT2D eigenvalue weighted by Gasteiger charge is 2.39. The van der Waals surface area contributed by atoms with Crippen molar-refractivity contribution in [1.29, 1.82) is 0 Å². The van der Waals surface area contributed by atoms with Crippen LogP contribution in [0.2, 0.25) is 5.02 Å². The van der Waals surface area contributed by atoms with Crippen LogP contribution in [0.25, 0.3) is 5.30 Å². The minimum atomic E-state index is -4.18. The summed E-state index contributed by atoms with van der Waals surface area (Å²) in [6.45, 7) is 5.34. The fraction of sp³-hybridized carbons (Fsp3) is 0.333. The molecule has 32 heavy (non-hydrogen) atoms. The number of nitrogens with one attached hydrogen (secondary N) is 2. The summed E-state index contributed by atoms with van der Waals surface area (Å²) in [5, 5.41) is 17.4. The van der Waals surface area contributed by atoms with Crippen LogP contribution in [0.4, 0.5) is 0 Å². The lowest BCUT2D eigenvalue weighted by molar-refractivity contribution is 0.276. The van der Waals surface area contributed by atoms with Crippen molar-refractivity contribution in [3.63, 3.8) is 0 Å². The fourth-order valence-electron chi connectivity index (χ4n) is 4.31. The van der Waals surface area contributed by atoms with Gasteiger partial charge < -0.3 is 9.84 Å². The number of aromatic amines is 1. The number of hydrogen-bond donors (Lipinski definition) is 3. The lowest BCUT2D eigenvalue weighted by Crippen LogP contribution is -2.34. The van der Waals surface area contributed by atoms with Crippen LogP contribution in [-0.4, -0.2) is 30.8 Å². The van der Waals surface area contributed by atoms with Gasteiger partial charge in [0.25, 0.3) is 5.29 Å². The Morgan fingerprint density at radius 1 is 1.31 bits per heavy atom. The van der Waals surface area contributed by atoms with Crippen molar-refractivity contribution in [1.82, 2.24) is 14.9 Å². The fourth-order valence-corrected chi connectivity index (χ4v) is 8.65. The van der Waals surface area contributed by atoms with Gasteiger partial charge in [-0.15, -0.1) is 0 Å². The summed E-state index contributed by atoms with van der Waals surface area (Å²) in [6, 6.07) is 5.94. The molecule has 2 aromatic carbocycles. The second-order valence-corrected chi connectivity index (χ2v) is 11.9. The first-order valence-corrected chi connectivity index (χ1v) is 13.1. The number of hydrogen-bond acceptors (Lipinski definition) is 6. The quantitative estimate of drug-likeness (QED) is 0.496. The van der Waals surface area contributed by atoms with Gasteiger partial charge in [-0.3, -0.25) is 4.79 Å². The molecule has 0 saturated carbocycles. The third kappa shape index (κ3) is 3.58. The molecule has 170 valence electrons. The first kappa shape index (κ1) is 23.0. The number of H-pyrrole nitrogens is 1. The Kier molecular flexibility index (Phi) is 5.98. The van der Waals surface area contributed by atoms with Crippen molar-refractivity contribution in [3.8, 4) is 11.1 Å². The van der Waals surface area contributed by atoms with Gasteiger partial charge >= 0.3 is 0 Å². The van der Waals surface area contributed by atoms with Crippen molar-refractivity contribution in [3.05, 3.63) is 67.1 Å². The molecule has 1 aromatic heterocycles. The lowest BCUT2D eigenvalue weighted by atomic mass is 9.88. The maximum absolute atomic E-state index is 13.6. The van der Waals surface area contributed by atoms with E-state index in [0.717, 1.165) is 22.0 Å². The van der Waals surface area contributed by atoms with Gasteiger partial charge in [0.15, 0.2) is 0 Å². The summed E-state index contributed by atoms with van der Waals surface area (Å²) in [4.78, 5) is 12.5. The van der Waals surface area contributed by atoms with E-state index in [9.17, 15) is 18.3 Å². The van der Waals surface area contributed by atoms with Crippen molar-refractivity contribution >= 4 is 29.2 Å². The van der Waals surface area contributed by atoms with E-state index in [4.69, 9.17) is 16.3 Å². The van der Waals surface area contributed by atoms with E-state index < -0.39 is 30.2 Å². The Balaban J connectivity index is 1.89. The third-order valence-corrected chi connectivity index (χ3v) is 9.97. The molecular formula is C21H23ClN3O5PS. The number of benzene rings is 2. The minimum absolute atomic E-state index is 0.0229. The first-order chi connectivity index (χ1) is 15.1. The zero-order valence-corrected chi connectivity index (χ0v) is 20.4. The van der Waals surface area contributed by atoms with E-state index in [2.05, 4.69) is 14.9 Å². The highest BCUT2D eigenvalue weighted by Crippen LogP contribution is 2.54. The van der Waals surface area contributed by atoms with Crippen LogP contribution in [-0.2, 0) is 16.6 Å². The monoisotopic (exact) mass is 495 g/mol. The van der Waals surface area contributed by atoms with Crippen molar-refractivity contribution in [2.45, 2.75) is 44.2 Å². The highest BCUT2D eigenvalue weighted by atomic mass is 35.5. The predicted octanol–water partition coefficient (Wildman–Crippen LogP) is 3.65. The zero-order valence-electron chi connectivity index (χ0n) is 17.9. The molecule has 1 aliphatic rings. The summed E-state index contributed by atoms with van der Waals surface area (Å²) in [7, 11) is -4.32. The number of ether oxygens (including phenoxy) is 1. The summed E-state index contributed by atoms with van der Waals surface area (Å²) in [5.74, 6) is -0.254. The third-order valence-electron chi connectivity index (χ3n) is 5.97. The smallest absolute Gasteiger partial charge is 0.287 e. The Hall–Kier alpha value is -2.16. The van der Waals surface area contributed by atoms with Crippen LogP contribution in [0.5, 0.6) is 5.75 Å². The predicted molar refractivity (Wildman–Crippen MR) is 124 cm³/mol. The SMILES string of the molecule is COc1cc(Cl)cc(CO)c1S(=O)(=O)N[C@@H]1c2n[nH]c(=O)p2-c2ccc(C)c(C)c2C1C. The second-order valence-electron chi connectivity index (χ2n) is 7.80. The molecule has 3 atom stereocenters. The van der Waals surface area contributed by atoms with E-state index in [-0.39, 0.29) is 32.4 Å². The molecule has 2 heterocycles. The Labute approximate surface area is 191 Å². The number of aliphatic hydroxyl groups is 1. The second kappa shape index (κ2) is 8.32. The van der Waals surface area contributed by atoms with E-state index >= 15 is 0 Å². The number of sulfonamides is 1. The molecule has 0 fully saturated rings. The molecule has 0 aliphatic carbocycles. The maximum Gasteiger partial charge on any atom is 0.287 e. The Morgan fingerprint density at radius 2 is 2.03 bits per heavy atom. The van der Waals surface area contributed by atoms with E-state index in [1.54, 1.807) is 0 Å². The molecule has 1 aliphatic heterocycles. The maximum atomic E-state index is 13.6. The van der Waals surface area contributed by atoms with Crippen LogP contribution in [0.3, 0.4) is 0 Å². The van der Waals surface area contributed by atoms with Gasteiger partial charge in [-0.25, -0.2) is 18.2 Å². The number of rotatable bonds is 5. The Morgan fingerprint density at radius 3 is 2.69 bits per heavy atom. The number of aromatic nitrogens is 2. The van der Waals surface area contributed by atoms with Gasteiger partial charge in [0.05, 0.1) is 19.8 Å². The van der Waals surface area contributed by atoms with Crippen molar-refractivity contribution < 1.29 is 18.3 Å². The van der Waals surface area contributed by atoms with Crippen molar-refractivity contribution in [2.24, 2.45) is 0 Å². The molecule has 0 spiro atoms. The average molecular weight is 496 g/mol. The number of nitrogens with zero attached hydrogens (tertiary/aromatic N) is 1. The van der Waals surface area contributed by atoms with Gasteiger partial charge in [-0.2, -0.15) is 5.10 Å². The van der Waals surface area contributed by atoms with Gasteiger partial charge in [0, 0.05) is 35.4 Å². The zero-order chi connectivity index (χ0) is 23.4. The number of aliphatic hydroxyl groups excluding tert-OH is 1. The van der Waals surface area contributed by atoms with Gasteiger partial charge in [-0.1, -0.05) is 24.6 Å². The topological polar surface area (TPSA) is 121 Å². The summed E-state index contributed by atoms with van der Waals surface area (Å²) >= 11 is 6.05. The Bertz CT molecular complexity index is 1360. The first-order valence-electron chi connectivity index (χ1n) is 9.88. The standard InChI is InChI=1S/C21H23ClN3O5PS/c1-10-5-6-16-17(11(10)2)12(3)18(20-23-24-21(27)31(16)20)25-32(28,29)19-13(9-26)7-14(22)8-15(19)30-4/h5-8,12,18,25-26H,9H2,1-4H3,(H,24,27)/t12?,18-,31?/m0/s1. The highest BCUT2D eigenvalue weighted by molar-refractivity contribution is 7.89. The van der Waals surface area contributed by atoms with Crippen LogP contribution >= 0.6 is 19.1 Å². The average Bonchev–Trinajstić information content (AvgIpc) is 3.13. The van der Waals surface area contributed by atoms with Crippen LogP contribution in [0.1, 0.15) is 46.6 Å². The molecule has 0 bridgehead atoms. The molecule has 3 N–H and O–H groups in total. The number of methoxy groups -OCH3 is 1.